The van der Waals surface area contributed by atoms with Crippen LogP contribution in [-0.2, 0) is 24.3 Å². The van der Waals surface area contributed by atoms with Gasteiger partial charge in [-0.3, -0.25) is 14.2 Å². The number of amides is 1. The quantitative estimate of drug-likeness (QED) is 0.837. The van der Waals surface area contributed by atoms with Crippen LogP contribution in [0.1, 0.15) is 42.9 Å². The first-order chi connectivity index (χ1) is 13.8. The fourth-order valence-electron chi connectivity index (χ4n) is 4.52. The molecular weight excluding hydrogens is 370 g/mol. The fraction of sp³-hybridized carbons (Fsp3) is 0.500. The lowest BCUT2D eigenvalue weighted by atomic mass is 9.87. The molecule has 1 N–H and O–H groups in total. The van der Waals surface area contributed by atoms with Gasteiger partial charge >= 0.3 is 5.69 Å². The van der Waals surface area contributed by atoms with Gasteiger partial charge in [0.05, 0.1) is 17.1 Å². The van der Waals surface area contributed by atoms with E-state index in [0.717, 1.165) is 23.0 Å². The Morgan fingerprint density at radius 3 is 2.31 bits per heavy atom. The third-order valence-corrected chi connectivity index (χ3v) is 6.55. The molecule has 7 nitrogen and oxygen atoms in total. The van der Waals surface area contributed by atoms with Crippen molar-refractivity contribution in [3.8, 4) is 0 Å². The van der Waals surface area contributed by atoms with E-state index in [1.165, 1.54) is 17.8 Å². The minimum atomic E-state index is -0.943. The van der Waals surface area contributed by atoms with Gasteiger partial charge in [0.15, 0.2) is 0 Å². The molecule has 0 bridgehead atoms. The van der Waals surface area contributed by atoms with Gasteiger partial charge in [-0.15, -0.1) is 0 Å². The maximum absolute atomic E-state index is 13.2. The van der Waals surface area contributed by atoms with Crippen LogP contribution in [0.3, 0.4) is 0 Å². The highest BCUT2D eigenvalue weighted by Crippen LogP contribution is 2.50. The lowest BCUT2D eigenvalue weighted by Gasteiger charge is -2.36. The molecular formula is C22H27N3O4. The molecule has 1 aliphatic heterocycles. The zero-order chi connectivity index (χ0) is 20.8. The number of hydrogen-bond donors (Lipinski definition) is 1. The Kier molecular flexibility index (Phi) is 4.94. The number of carbonyl (C=O) groups is 1. The molecule has 29 heavy (non-hydrogen) atoms. The van der Waals surface area contributed by atoms with E-state index in [1.54, 1.807) is 7.05 Å². The monoisotopic (exact) mass is 397 g/mol. The Balaban J connectivity index is 1.46. The second-order valence-electron chi connectivity index (χ2n) is 8.36. The largest absolute Gasteiger partial charge is 0.388 e. The highest BCUT2D eigenvalue weighted by molar-refractivity contribution is 5.91. The molecule has 1 aromatic heterocycles. The number of aliphatic hydroxyl groups is 1. The number of aryl methyl sites for hydroxylation is 1. The van der Waals surface area contributed by atoms with Crippen LogP contribution < -0.4 is 11.2 Å². The van der Waals surface area contributed by atoms with E-state index in [4.69, 9.17) is 0 Å². The molecule has 2 aromatic rings. The third-order valence-electron chi connectivity index (χ3n) is 6.55. The third kappa shape index (κ3) is 3.33. The van der Waals surface area contributed by atoms with Gasteiger partial charge < -0.3 is 14.6 Å². The summed E-state index contributed by atoms with van der Waals surface area (Å²) in [6.45, 7) is 1.14. The predicted molar refractivity (Wildman–Crippen MR) is 109 cm³/mol. The summed E-state index contributed by atoms with van der Waals surface area (Å²) in [7, 11) is 2.98. The van der Waals surface area contributed by atoms with Crippen LogP contribution in [0.4, 0.5) is 0 Å². The number of carbonyl (C=O) groups excluding carboxylic acids is 1. The van der Waals surface area contributed by atoms with Crippen molar-refractivity contribution >= 4 is 5.91 Å². The number of piperidine rings is 1. The van der Waals surface area contributed by atoms with E-state index in [0.29, 0.717) is 25.9 Å². The molecule has 2 aliphatic rings. The lowest BCUT2D eigenvalue weighted by Crippen LogP contribution is -2.45. The summed E-state index contributed by atoms with van der Waals surface area (Å²) >= 11 is 0. The van der Waals surface area contributed by atoms with Crippen LogP contribution >= 0.6 is 0 Å². The second-order valence-corrected chi connectivity index (χ2v) is 8.36. The summed E-state index contributed by atoms with van der Waals surface area (Å²) in [6.07, 6.45) is 3.51. The predicted octanol–water partition coefficient (Wildman–Crippen LogP) is 1.09. The molecule has 0 spiro atoms. The van der Waals surface area contributed by atoms with Crippen molar-refractivity contribution in [2.24, 2.45) is 20.0 Å². The van der Waals surface area contributed by atoms with Gasteiger partial charge in [-0.05, 0) is 37.2 Å². The Bertz CT molecular complexity index is 1030. The topological polar surface area (TPSA) is 84.5 Å². The van der Waals surface area contributed by atoms with Crippen LogP contribution in [0.25, 0.3) is 0 Å². The van der Waals surface area contributed by atoms with Crippen molar-refractivity contribution in [2.45, 2.75) is 37.2 Å². The summed E-state index contributed by atoms with van der Waals surface area (Å²) in [5.41, 5.74) is 0.0747. The highest BCUT2D eigenvalue weighted by atomic mass is 16.3. The first kappa shape index (κ1) is 19.6. The van der Waals surface area contributed by atoms with E-state index < -0.39 is 17.4 Å². The number of nitrogens with zero attached hydrogens (tertiary/aromatic N) is 3. The van der Waals surface area contributed by atoms with Crippen molar-refractivity contribution in [3.05, 3.63) is 68.5 Å². The number of likely N-dealkylation sites (tertiary alicyclic amines) is 1. The molecule has 154 valence electrons. The van der Waals surface area contributed by atoms with Crippen molar-refractivity contribution in [1.82, 2.24) is 14.0 Å². The number of aliphatic hydroxyl groups excluding tert-OH is 1. The Morgan fingerprint density at radius 2 is 1.72 bits per heavy atom. The average Bonchev–Trinajstić information content (AvgIpc) is 3.56. The summed E-state index contributed by atoms with van der Waals surface area (Å²) in [6, 6.07) is 9.95. The first-order valence-corrected chi connectivity index (χ1v) is 10.1. The maximum Gasteiger partial charge on any atom is 0.330 e. The fourth-order valence-corrected chi connectivity index (χ4v) is 4.52. The lowest BCUT2D eigenvalue weighted by molar-refractivity contribution is -0.136. The number of benzene rings is 1. The standard InChI is InChI=1S/C22H27N3O4/c1-23-14-17(19(27)24(2)21(23)29)18(26)15-8-12-25(13-9-15)20(28)22(10-11-22)16-6-4-3-5-7-16/h3-7,14-15,18,26H,8-13H2,1-2H3. The highest BCUT2D eigenvalue weighted by Gasteiger charge is 2.53. The molecule has 7 heteroatoms. The van der Waals surface area contributed by atoms with Gasteiger partial charge in [-0.2, -0.15) is 0 Å². The van der Waals surface area contributed by atoms with Crippen molar-refractivity contribution in [1.29, 1.82) is 0 Å². The number of rotatable bonds is 4. The van der Waals surface area contributed by atoms with Gasteiger partial charge in [0.1, 0.15) is 0 Å². The van der Waals surface area contributed by atoms with Gasteiger partial charge in [-0.25, -0.2) is 4.79 Å². The van der Waals surface area contributed by atoms with E-state index in [9.17, 15) is 19.5 Å². The van der Waals surface area contributed by atoms with E-state index in [2.05, 4.69) is 0 Å². The minimum absolute atomic E-state index is 0.115. The van der Waals surface area contributed by atoms with Gasteiger partial charge in [0, 0.05) is 33.4 Å². The molecule has 1 unspecified atom stereocenters. The van der Waals surface area contributed by atoms with Crippen LogP contribution in [0.5, 0.6) is 0 Å². The molecule has 0 radical (unpaired) electrons. The van der Waals surface area contributed by atoms with Crippen molar-refractivity contribution in [3.63, 3.8) is 0 Å². The molecule has 1 aromatic carbocycles. The Morgan fingerprint density at radius 1 is 1.10 bits per heavy atom. The van der Waals surface area contributed by atoms with E-state index >= 15 is 0 Å². The molecule has 1 saturated carbocycles. The first-order valence-electron chi connectivity index (χ1n) is 10.1. The van der Waals surface area contributed by atoms with Crippen molar-refractivity contribution < 1.29 is 9.90 Å². The summed E-state index contributed by atoms with van der Waals surface area (Å²) in [5.74, 6) is 0.0609. The van der Waals surface area contributed by atoms with E-state index in [1.807, 2.05) is 35.2 Å². The van der Waals surface area contributed by atoms with Crippen LogP contribution in [0, 0.1) is 5.92 Å². The van der Waals surface area contributed by atoms with Crippen LogP contribution in [0.15, 0.2) is 46.1 Å². The summed E-state index contributed by atoms with van der Waals surface area (Å²) in [4.78, 5) is 39.4. The van der Waals surface area contributed by atoms with Gasteiger partial charge in [0.2, 0.25) is 5.91 Å². The van der Waals surface area contributed by atoms with Crippen molar-refractivity contribution in [2.75, 3.05) is 13.1 Å². The van der Waals surface area contributed by atoms with E-state index in [-0.39, 0.29) is 22.8 Å². The molecule has 1 aliphatic carbocycles. The zero-order valence-corrected chi connectivity index (χ0v) is 16.9. The maximum atomic E-state index is 13.2. The number of aromatic nitrogens is 2. The smallest absolute Gasteiger partial charge is 0.330 e. The van der Waals surface area contributed by atoms with Gasteiger partial charge in [-0.1, -0.05) is 30.3 Å². The van der Waals surface area contributed by atoms with Gasteiger partial charge in [0.25, 0.3) is 5.56 Å². The Labute approximate surface area is 169 Å². The normalized spacial score (nSPS) is 19.8. The SMILES string of the molecule is Cn1cc(C(O)C2CCN(C(=O)C3(c4ccccc4)CC3)CC2)c(=O)n(C)c1=O. The Hall–Kier alpha value is -2.67. The number of hydrogen-bond acceptors (Lipinski definition) is 4. The molecule has 2 fully saturated rings. The molecule has 1 atom stereocenters. The molecule has 1 amide bonds. The molecule has 2 heterocycles. The minimum Gasteiger partial charge on any atom is -0.388 e. The molecule has 4 rings (SSSR count). The van der Waals surface area contributed by atoms with Crippen LogP contribution in [0.2, 0.25) is 0 Å². The molecule has 1 saturated heterocycles. The second kappa shape index (κ2) is 7.30. The zero-order valence-electron chi connectivity index (χ0n) is 16.9. The summed E-state index contributed by atoms with van der Waals surface area (Å²) in [5, 5.41) is 10.8. The summed E-state index contributed by atoms with van der Waals surface area (Å²) < 4.78 is 2.34. The van der Waals surface area contributed by atoms with Crippen LogP contribution in [-0.4, -0.2) is 38.1 Å². The average molecular weight is 397 g/mol.